The number of aliphatic hydroxyl groups is 2. The van der Waals surface area contributed by atoms with Gasteiger partial charge in [0.25, 0.3) is 5.91 Å². The van der Waals surface area contributed by atoms with Crippen LogP contribution in [0.1, 0.15) is 77.6 Å². The first-order valence-electron chi connectivity index (χ1n) is 10.3. The molecule has 5 nitrogen and oxygen atoms in total. The summed E-state index contributed by atoms with van der Waals surface area (Å²) >= 11 is 0. The minimum Gasteiger partial charge on any atom is -0.394 e. The summed E-state index contributed by atoms with van der Waals surface area (Å²) in [6.07, 6.45) is 9.74. The summed E-state index contributed by atoms with van der Waals surface area (Å²) in [6, 6.07) is 4.77. The van der Waals surface area contributed by atoms with Crippen molar-refractivity contribution in [2.45, 2.75) is 63.8 Å². The highest BCUT2D eigenvalue weighted by molar-refractivity contribution is 6.03. The van der Waals surface area contributed by atoms with E-state index in [0.29, 0.717) is 36.4 Å². The van der Waals surface area contributed by atoms with Crippen LogP contribution in [-0.4, -0.2) is 52.6 Å². The molecule has 5 heteroatoms. The first kappa shape index (κ1) is 20.0. The molecule has 1 heterocycles. The van der Waals surface area contributed by atoms with Crippen LogP contribution < -0.4 is 0 Å². The third-order valence-electron chi connectivity index (χ3n) is 6.19. The predicted molar refractivity (Wildman–Crippen MR) is 104 cm³/mol. The fourth-order valence-corrected chi connectivity index (χ4v) is 4.53. The number of fused-ring (bicyclic) bond motifs is 1. The summed E-state index contributed by atoms with van der Waals surface area (Å²) in [5.74, 6) is 0.587. The lowest BCUT2D eigenvalue weighted by Gasteiger charge is -2.34. The van der Waals surface area contributed by atoms with Crippen molar-refractivity contribution in [3.8, 4) is 0 Å². The maximum atomic E-state index is 12.9. The van der Waals surface area contributed by atoms with E-state index in [-0.39, 0.29) is 24.9 Å². The number of benzene rings is 1. The Bertz CT molecular complexity index is 660. The monoisotopic (exact) mass is 373 g/mol. The summed E-state index contributed by atoms with van der Waals surface area (Å²) in [5.41, 5.74) is 2.05. The number of hydrogen-bond acceptors (Lipinski definition) is 4. The number of nitrogens with zero attached hydrogens (tertiary/aromatic N) is 1. The van der Waals surface area contributed by atoms with Crippen molar-refractivity contribution in [1.82, 2.24) is 4.90 Å². The second kappa shape index (κ2) is 9.47. The molecule has 1 fully saturated rings. The highest BCUT2D eigenvalue weighted by Crippen LogP contribution is 2.29. The van der Waals surface area contributed by atoms with Crippen LogP contribution in [-0.2, 0) is 6.42 Å². The lowest BCUT2D eigenvalue weighted by molar-refractivity contribution is 0.0442. The molecular weight excluding hydrogens is 342 g/mol. The van der Waals surface area contributed by atoms with Crippen LogP contribution in [0.2, 0.25) is 0 Å². The van der Waals surface area contributed by atoms with Crippen LogP contribution >= 0.6 is 0 Å². The van der Waals surface area contributed by atoms with E-state index < -0.39 is 6.04 Å². The number of Topliss-reactive ketones (excluding diaryl/α,β-unsaturated/α-hetero) is 1. The summed E-state index contributed by atoms with van der Waals surface area (Å²) < 4.78 is 0. The van der Waals surface area contributed by atoms with E-state index in [2.05, 4.69) is 0 Å². The van der Waals surface area contributed by atoms with E-state index in [1.54, 1.807) is 12.1 Å². The van der Waals surface area contributed by atoms with Crippen molar-refractivity contribution in [2.24, 2.45) is 5.92 Å². The molecular formula is C22H31NO4. The van der Waals surface area contributed by atoms with Gasteiger partial charge in [-0.15, -0.1) is 0 Å². The Hall–Kier alpha value is -1.72. The van der Waals surface area contributed by atoms with Crippen molar-refractivity contribution >= 4 is 11.7 Å². The Morgan fingerprint density at radius 2 is 1.81 bits per heavy atom. The number of aliphatic hydroxyl groups excluding tert-OH is 2. The molecule has 148 valence electrons. The van der Waals surface area contributed by atoms with E-state index in [9.17, 15) is 19.8 Å². The fourth-order valence-electron chi connectivity index (χ4n) is 4.53. The number of hydrogen-bond donors (Lipinski definition) is 2. The molecule has 0 radical (unpaired) electrons. The van der Waals surface area contributed by atoms with E-state index in [1.165, 1.54) is 43.4 Å². The van der Waals surface area contributed by atoms with Crippen molar-refractivity contribution in [1.29, 1.82) is 0 Å². The van der Waals surface area contributed by atoms with Gasteiger partial charge < -0.3 is 15.1 Å². The average molecular weight is 373 g/mol. The zero-order valence-electron chi connectivity index (χ0n) is 16.0. The lowest BCUT2D eigenvalue weighted by Crippen LogP contribution is -2.48. The lowest BCUT2D eigenvalue weighted by atomic mass is 9.88. The average Bonchev–Trinajstić information content (AvgIpc) is 2.97. The molecule has 0 aromatic heterocycles. The van der Waals surface area contributed by atoms with Gasteiger partial charge in [0, 0.05) is 24.1 Å². The number of amides is 1. The molecule has 1 amide bonds. The predicted octanol–water partition coefficient (Wildman–Crippen LogP) is 2.97. The van der Waals surface area contributed by atoms with Gasteiger partial charge in [-0.25, -0.2) is 0 Å². The smallest absolute Gasteiger partial charge is 0.254 e. The highest BCUT2D eigenvalue weighted by Gasteiger charge is 2.31. The highest BCUT2D eigenvalue weighted by atomic mass is 16.3. The van der Waals surface area contributed by atoms with Gasteiger partial charge in [-0.2, -0.15) is 0 Å². The van der Waals surface area contributed by atoms with Crippen LogP contribution in [0.4, 0.5) is 0 Å². The van der Waals surface area contributed by atoms with Gasteiger partial charge in [-0.05, 0) is 30.4 Å². The third-order valence-corrected chi connectivity index (χ3v) is 6.19. The van der Waals surface area contributed by atoms with Crippen LogP contribution in [0.3, 0.4) is 0 Å². The quantitative estimate of drug-likeness (QED) is 0.569. The van der Waals surface area contributed by atoms with Gasteiger partial charge in [0.1, 0.15) is 0 Å². The molecule has 2 aliphatic rings. The zero-order chi connectivity index (χ0) is 19.2. The topological polar surface area (TPSA) is 77.8 Å². The Labute approximate surface area is 161 Å². The normalized spacial score (nSPS) is 18.5. The molecule has 27 heavy (non-hydrogen) atoms. The van der Waals surface area contributed by atoms with Crippen LogP contribution in [0.15, 0.2) is 18.2 Å². The van der Waals surface area contributed by atoms with Crippen molar-refractivity contribution in [3.63, 3.8) is 0 Å². The van der Waals surface area contributed by atoms with Gasteiger partial charge in [0.15, 0.2) is 5.78 Å². The number of carbonyl (C=O) groups is 2. The molecule has 1 aliphatic carbocycles. The molecule has 0 unspecified atom stereocenters. The van der Waals surface area contributed by atoms with Crippen molar-refractivity contribution in [3.05, 3.63) is 34.9 Å². The first-order valence-corrected chi connectivity index (χ1v) is 10.3. The summed E-state index contributed by atoms with van der Waals surface area (Å²) in [5, 5.41) is 18.8. The Kier molecular flexibility index (Phi) is 7.02. The minimum atomic E-state index is -0.583. The van der Waals surface area contributed by atoms with Gasteiger partial charge >= 0.3 is 0 Å². The molecule has 0 saturated heterocycles. The SMILES string of the molecule is O=C(CCC1CCCCCC1)c1cccc2c1CCN(C(CO)CO)C2=O. The van der Waals surface area contributed by atoms with Crippen LogP contribution in [0.25, 0.3) is 0 Å². The third kappa shape index (κ3) is 4.58. The second-order valence-electron chi connectivity index (χ2n) is 7.92. The summed E-state index contributed by atoms with van der Waals surface area (Å²) in [6.45, 7) is -0.111. The zero-order valence-corrected chi connectivity index (χ0v) is 16.0. The van der Waals surface area contributed by atoms with Crippen molar-refractivity contribution in [2.75, 3.05) is 19.8 Å². The van der Waals surface area contributed by atoms with E-state index in [4.69, 9.17) is 0 Å². The molecule has 0 spiro atoms. The Morgan fingerprint density at radius 3 is 2.48 bits per heavy atom. The van der Waals surface area contributed by atoms with Crippen molar-refractivity contribution < 1.29 is 19.8 Å². The molecule has 2 N–H and O–H groups in total. The van der Waals surface area contributed by atoms with Gasteiger partial charge in [0.05, 0.1) is 19.3 Å². The Balaban J connectivity index is 1.71. The maximum Gasteiger partial charge on any atom is 0.254 e. The molecule has 1 saturated carbocycles. The van der Waals surface area contributed by atoms with Gasteiger partial charge in [-0.3, -0.25) is 9.59 Å². The number of ketones is 1. The van der Waals surface area contributed by atoms with E-state index in [0.717, 1.165) is 12.0 Å². The fraction of sp³-hybridized carbons (Fsp3) is 0.636. The molecule has 3 rings (SSSR count). The molecule has 0 bridgehead atoms. The van der Waals surface area contributed by atoms with Crippen LogP contribution in [0.5, 0.6) is 0 Å². The summed E-state index contributed by atoms with van der Waals surface area (Å²) in [7, 11) is 0. The molecule has 1 aromatic carbocycles. The van der Waals surface area contributed by atoms with Gasteiger partial charge in [0.2, 0.25) is 0 Å². The number of rotatable bonds is 7. The summed E-state index contributed by atoms with van der Waals surface area (Å²) in [4.78, 5) is 27.2. The van der Waals surface area contributed by atoms with Gasteiger partial charge in [-0.1, -0.05) is 50.7 Å². The van der Waals surface area contributed by atoms with E-state index >= 15 is 0 Å². The second-order valence-corrected chi connectivity index (χ2v) is 7.92. The molecule has 1 aliphatic heterocycles. The maximum absolute atomic E-state index is 12.9. The van der Waals surface area contributed by atoms with E-state index in [1.807, 2.05) is 6.07 Å². The van der Waals surface area contributed by atoms with Crippen LogP contribution in [0, 0.1) is 5.92 Å². The molecule has 1 aromatic rings. The molecule has 0 atom stereocenters. The first-order chi connectivity index (χ1) is 13.2. The standard InChI is InChI=1S/C22H31NO4/c24-14-17(15-25)23-13-12-18-19(8-5-9-20(18)22(23)27)21(26)11-10-16-6-3-1-2-4-7-16/h5,8-9,16-17,24-25H,1-4,6-7,10-15H2. The number of carbonyl (C=O) groups excluding carboxylic acids is 2. The Morgan fingerprint density at radius 1 is 1.11 bits per heavy atom. The minimum absolute atomic E-state index is 0.137. The largest absolute Gasteiger partial charge is 0.394 e.